The highest BCUT2D eigenvalue weighted by atomic mass is 16.4. The van der Waals surface area contributed by atoms with Crippen molar-refractivity contribution in [2.45, 2.75) is 71.1 Å². The number of likely N-dealkylation sites (tertiary alicyclic amines) is 1. The molecule has 1 saturated heterocycles. The van der Waals surface area contributed by atoms with Gasteiger partial charge in [-0.1, -0.05) is 74.9 Å². The lowest BCUT2D eigenvalue weighted by atomic mass is 9.97. The number of hydrogen-bond donors (Lipinski definition) is 2. The third kappa shape index (κ3) is 8.66. The molecule has 0 radical (unpaired) electrons. The van der Waals surface area contributed by atoms with Crippen LogP contribution in [0, 0.1) is 17.2 Å². The number of carboxylic acids is 1. The zero-order valence-corrected chi connectivity index (χ0v) is 27.7. The number of aromatic nitrogens is 2. The van der Waals surface area contributed by atoms with E-state index in [0.29, 0.717) is 38.2 Å². The second kappa shape index (κ2) is 16.2. The minimum absolute atomic E-state index is 0.0488. The molecule has 1 aliphatic heterocycles. The number of amides is 2. The number of carbonyl (C=O) groups is 3. The van der Waals surface area contributed by atoms with E-state index in [-0.39, 0.29) is 36.7 Å². The highest BCUT2D eigenvalue weighted by Crippen LogP contribution is 2.23. The smallest absolute Gasteiger partial charge is 0.326 e. The Morgan fingerprint density at radius 2 is 1.85 bits per heavy atom. The maximum Gasteiger partial charge on any atom is 0.326 e. The van der Waals surface area contributed by atoms with Crippen molar-refractivity contribution in [1.82, 2.24) is 24.7 Å². The summed E-state index contributed by atoms with van der Waals surface area (Å²) in [6.45, 7) is 6.08. The van der Waals surface area contributed by atoms with Crippen molar-refractivity contribution in [2.75, 3.05) is 19.6 Å². The Morgan fingerprint density at radius 1 is 1.08 bits per heavy atom. The number of nitrogens with one attached hydrogen (secondary N) is 1. The first-order valence-electron chi connectivity index (χ1n) is 16.7. The second-order valence-corrected chi connectivity index (χ2v) is 12.8. The summed E-state index contributed by atoms with van der Waals surface area (Å²) < 4.78 is 1.93. The van der Waals surface area contributed by atoms with Gasteiger partial charge >= 0.3 is 5.97 Å². The van der Waals surface area contributed by atoms with Gasteiger partial charge in [0.15, 0.2) is 0 Å². The first kappa shape index (κ1) is 34.3. The van der Waals surface area contributed by atoms with Crippen molar-refractivity contribution in [3.8, 4) is 6.07 Å². The number of rotatable bonds is 14. The summed E-state index contributed by atoms with van der Waals surface area (Å²) in [5.41, 5.74) is 3.43. The average Bonchev–Trinajstić information content (AvgIpc) is 3.53. The van der Waals surface area contributed by atoms with Crippen LogP contribution in [0.3, 0.4) is 0 Å². The van der Waals surface area contributed by atoms with Crippen LogP contribution in [0.15, 0.2) is 79.3 Å². The maximum absolute atomic E-state index is 13.8. The fourth-order valence-electron chi connectivity index (χ4n) is 6.50. The quantitative estimate of drug-likeness (QED) is 0.197. The Balaban J connectivity index is 1.34. The fourth-order valence-corrected chi connectivity index (χ4v) is 6.50. The molecule has 1 aliphatic rings. The van der Waals surface area contributed by atoms with Crippen molar-refractivity contribution in [1.29, 1.82) is 5.26 Å². The van der Waals surface area contributed by atoms with E-state index in [0.717, 1.165) is 46.9 Å². The molecular weight excluding hydrogens is 604 g/mol. The zero-order chi connectivity index (χ0) is 34.0. The van der Waals surface area contributed by atoms with Crippen LogP contribution in [0.4, 0.5) is 0 Å². The van der Waals surface area contributed by atoms with Gasteiger partial charge in [-0.3, -0.25) is 14.5 Å². The van der Waals surface area contributed by atoms with Crippen molar-refractivity contribution < 1.29 is 19.5 Å². The lowest BCUT2D eigenvalue weighted by Gasteiger charge is -2.36. The number of carbonyl (C=O) groups excluding carboxylic acids is 2. The fraction of sp³-hybridized carbons (Fsp3) is 0.395. The standard InChI is InChI=1S/C38H44N6O4/c1-3-27(2)34(41-36(45)19-32-21-40-26-43(32)22-29-16-14-28(20-39)15-17-29)24-42(23-31-11-8-10-30-9-4-5-12-33(30)31)25-37(46)44-18-7-6-13-35(44)38(47)48/h4-5,8-12,14-17,21,26-27,34-35H,3,6-7,13,18-19,22-25H2,1-2H3,(H,41,45)(H,47,48). The monoisotopic (exact) mass is 648 g/mol. The van der Waals surface area contributed by atoms with E-state index in [4.69, 9.17) is 5.26 Å². The molecule has 0 aliphatic carbocycles. The molecule has 2 heterocycles. The van der Waals surface area contributed by atoms with Crippen LogP contribution in [0.1, 0.15) is 61.9 Å². The third-order valence-electron chi connectivity index (χ3n) is 9.45. The van der Waals surface area contributed by atoms with Gasteiger partial charge in [-0.2, -0.15) is 5.26 Å². The summed E-state index contributed by atoms with van der Waals surface area (Å²) in [5, 5.41) is 24.4. The summed E-state index contributed by atoms with van der Waals surface area (Å²) in [5.74, 6) is -1.19. The van der Waals surface area contributed by atoms with E-state index >= 15 is 0 Å². The van der Waals surface area contributed by atoms with Crippen molar-refractivity contribution in [3.63, 3.8) is 0 Å². The van der Waals surface area contributed by atoms with Crippen molar-refractivity contribution >= 4 is 28.6 Å². The molecule has 10 heteroatoms. The third-order valence-corrected chi connectivity index (χ3v) is 9.45. The van der Waals surface area contributed by atoms with Crippen LogP contribution in [0.2, 0.25) is 0 Å². The first-order valence-corrected chi connectivity index (χ1v) is 16.7. The Morgan fingerprint density at radius 3 is 2.60 bits per heavy atom. The van der Waals surface area contributed by atoms with E-state index < -0.39 is 12.0 Å². The molecule has 0 saturated carbocycles. The molecule has 1 aromatic heterocycles. The molecule has 2 amide bonds. The Bertz CT molecular complexity index is 1760. The maximum atomic E-state index is 13.8. The molecule has 0 bridgehead atoms. The predicted molar refractivity (Wildman–Crippen MR) is 184 cm³/mol. The molecule has 2 N–H and O–H groups in total. The largest absolute Gasteiger partial charge is 0.480 e. The molecule has 1 fully saturated rings. The summed E-state index contributed by atoms with van der Waals surface area (Å²) in [7, 11) is 0. The summed E-state index contributed by atoms with van der Waals surface area (Å²) in [6, 6.07) is 22.7. The van der Waals surface area contributed by atoms with Gasteiger partial charge in [0.2, 0.25) is 11.8 Å². The van der Waals surface area contributed by atoms with Crippen LogP contribution >= 0.6 is 0 Å². The molecular formula is C38H44N6O4. The number of carboxylic acid groups (broad SMARTS) is 1. The van der Waals surface area contributed by atoms with Crippen LogP contribution < -0.4 is 5.32 Å². The van der Waals surface area contributed by atoms with E-state index in [1.54, 1.807) is 24.7 Å². The van der Waals surface area contributed by atoms with E-state index in [1.807, 2.05) is 34.9 Å². The number of benzene rings is 3. The molecule has 5 rings (SSSR count). The number of fused-ring (bicyclic) bond motifs is 1. The Labute approximate surface area is 282 Å². The van der Waals surface area contributed by atoms with Gasteiger partial charge in [0.25, 0.3) is 0 Å². The predicted octanol–water partition coefficient (Wildman–Crippen LogP) is 5.00. The van der Waals surface area contributed by atoms with Gasteiger partial charge < -0.3 is 19.9 Å². The van der Waals surface area contributed by atoms with Gasteiger partial charge in [0.1, 0.15) is 6.04 Å². The van der Waals surface area contributed by atoms with Gasteiger partial charge in [0, 0.05) is 44.1 Å². The number of nitriles is 1. The second-order valence-electron chi connectivity index (χ2n) is 12.8. The Hall–Kier alpha value is -5.01. The molecule has 0 spiro atoms. The van der Waals surface area contributed by atoms with Gasteiger partial charge in [-0.15, -0.1) is 0 Å². The normalized spacial score (nSPS) is 16.0. The van der Waals surface area contributed by atoms with E-state index in [2.05, 4.69) is 59.4 Å². The molecule has 3 atom stereocenters. The average molecular weight is 649 g/mol. The SMILES string of the molecule is CCC(C)C(CN(CC(=O)N1CCCCC1C(=O)O)Cc1cccc2ccccc12)NC(=O)Cc1cncn1Cc1ccc(C#N)cc1. The summed E-state index contributed by atoms with van der Waals surface area (Å²) in [6.07, 6.45) is 6.39. The molecule has 3 aromatic carbocycles. The molecule has 3 unspecified atom stereocenters. The molecule has 10 nitrogen and oxygen atoms in total. The first-order chi connectivity index (χ1) is 23.2. The minimum Gasteiger partial charge on any atom is -0.480 e. The van der Waals surface area contributed by atoms with E-state index in [1.165, 1.54) is 4.90 Å². The summed E-state index contributed by atoms with van der Waals surface area (Å²) >= 11 is 0. The highest BCUT2D eigenvalue weighted by Gasteiger charge is 2.33. The number of piperidine rings is 1. The van der Waals surface area contributed by atoms with E-state index in [9.17, 15) is 19.5 Å². The molecule has 48 heavy (non-hydrogen) atoms. The van der Waals surface area contributed by atoms with Gasteiger partial charge in [0.05, 0.1) is 30.9 Å². The molecule has 250 valence electrons. The number of aliphatic carboxylic acids is 1. The number of imidazole rings is 1. The van der Waals surface area contributed by atoms with Crippen molar-refractivity contribution in [3.05, 3.63) is 102 Å². The van der Waals surface area contributed by atoms with Crippen molar-refractivity contribution in [2.24, 2.45) is 5.92 Å². The lowest BCUT2D eigenvalue weighted by Crippen LogP contribution is -2.53. The van der Waals surface area contributed by atoms with Crippen LogP contribution in [-0.4, -0.2) is 74.0 Å². The van der Waals surface area contributed by atoms with Gasteiger partial charge in [-0.05, 0) is 59.2 Å². The van der Waals surface area contributed by atoms with Crippen LogP contribution in [0.25, 0.3) is 10.8 Å². The highest BCUT2D eigenvalue weighted by molar-refractivity contribution is 5.86. The Kier molecular flexibility index (Phi) is 11.6. The number of nitrogens with zero attached hydrogens (tertiary/aromatic N) is 5. The van der Waals surface area contributed by atoms with Crippen LogP contribution in [0.5, 0.6) is 0 Å². The topological polar surface area (TPSA) is 132 Å². The van der Waals surface area contributed by atoms with Crippen LogP contribution in [-0.2, 0) is 33.9 Å². The zero-order valence-electron chi connectivity index (χ0n) is 27.7. The minimum atomic E-state index is -0.966. The van der Waals surface area contributed by atoms with Gasteiger partial charge in [-0.25, -0.2) is 9.78 Å². The lowest BCUT2D eigenvalue weighted by molar-refractivity contribution is -0.152. The summed E-state index contributed by atoms with van der Waals surface area (Å²) in [4.78, 5) is 47.2. The number of hydrogen-bond acceptors (Lipinski definition) is 6. The molecule has 4 aromatic rings.